The molecule has 1 unspecified atom stereocenters. The van der Waals surface area contributed by atoms with Crippen molar-refractivity contribution in [3.05, 3.63) is 77.4 Å². The summed E-state index contributed by atoms with van der Waals surface area (Å²) in [4.78, 5) is 12.2. The molecule has 0 N–H and O–H groups in total. The van der Waals surface area contributed by atoms with Crippen molar-refractivity contribution in [2.45, 2.75) is 26.2 Å². The zero-order valence-corrected chi connectivity index (χ0v) is 15.8. The molecule has 0 aliphatic rings. The molecule has 1 atom stereocenters. The summed E-state index contributed by atoms with van der Waals surface area (Å²) in [6, 6.07) is 16.7. The fraction of sp³-hybridized carbons (Fsp3) is 0.217. The SMILES string of the molecule is CCC(C)c1ccc(OC(=O)/C(C#N)=C/C=C/c2ccc(OC)cc2)cc1. The van der Waals surface area contributed by atoms with Crippen molar-refractivity contribution in [2.75, 3.05) is 7.11 Å². The first-order chi connectivity index (χ1) is 13.1. The average molecular weight is 361 g/mol. The largest absolute Gasteiger partial charge is 0.497 e. The molecule has 4 heteroatoms. The highest BCUT2D eigenvalue weighted by Gasteiger charge is 2.11. The first-order valence-corrected chi connectivity index (χ1v) is 8.82. The standard InChI is InChI=1S/C23H23NO3/c1-4-17(2)19-10-14-22(15-11-19)27-23(25)20(16-24)7-5-6-18-8-12-21(26-3)13-9-18/h5-15,17H,4H2,1-3H3/b6-5+,20-7+. The summed E-state index contributed by atoms with van der Waals surface area (Å²) in [6.45, 7) is 4.27. The molecule has 27 heavy (non-hydrogen) atoms. The number of nitrogens with zero attached hydrogens (tertiary/aromatic N) is 1. The Kier molecular flexibility index (Phi) is 7.39. The van der Waals surface area contributed by atoms with Crippen LogP contribution in [-0.2, 0) is 4.79 Å². The molecule has 138 valence electrons. The Morgan fingerprint density at radius 3 is 2.30 bits per heavy atom. The van der Waals surface area contributed by atoms with Gasteiger partial charge in [0.15, 0.2) is 0 Å². The molecule has 0 heterocycles. The van der Waals surface area contributed by atoms with Crippen molar-refractivity contribution in [3.63, 3.8) is 0 Å². The molecule has 2 aromatic rings. The molecule has 2 rings (SSSR count). The molecule has 0 fully saturated rings. The molecular formula is C23H23NO3. The number of hydrogen-bond acceptors (Lipinski definition) is 4. The third-order valence-electron chi connectivity index (χ3n) is 4.28. The first-order valence-electron chi connectivity index (χ1n) is 8.82. The molecule has 0 bridgehead atoms. The molecule has 0 aromatic heterocycles. The highest BCUT2D eigenvalue weighted by molar-refractivity contribution is 5.94. The number of allylic oxidation sites excluding steroid dienone is 2. The van der Waals surface area contributed by atoms with Gasteiger partial charge in [-0.1, -0.05) is 50.3 Å². The second-order valence-corrected chi connectivity index (χ2v) is 6.09. The molecule has 0 saturated carbocycles. The lowest BCUT2D eigenvalue weighted by atomic mass is 9.99. The fourth-order valence-corrected chi connectivity index (χ4v) is 2.38. The number of benzene rings is 2. The minimum atomic E-state index is -0.673. The van der Waals surface area contributed by atoms with Gasteiger partial charge >= 0.3 is 5.97 Å². The number of rotatable bonds is 7. The third-order valence-corrected chi connectivity index (χ3v) is 4.28. The van der Waals surface area contributed by atoms with Crippen molar-refractivity contribution in [1.82, 2.24) is 0 Å². The van der Waals surface area contributed by atoms with Crippen molar-refractivity contribution < 1.29 is 14.3 Å². The first kappa shape index (κ1) is 20.0. The van der Waals surface area contributed by atoms with Crippen LogP contribution < -0.4 is 9.47 Å². The molecular weight excluding hydrogens is 338 g/mol. The van der Waals surface area contributed by atoms with E-state index in [2.05, 4.69) is 13.8 Å². The lowest BCUT2D eigenvalue weighted by molar-refractivity contribution is -0.129. The van der Waals surface area contributed by atoms with Gasteiger partial charge < -0.3 is 9.47 Å². The van der Waals surface area contributed by atoms with Crippen LogP contribution >= 0.6 is 0 Å². The van der Waals surface area contributed by atoms with E-state index in [-0.39, 0.29) is 5.57 Å². The van der Waals surface area contributed by atoms with Crippen LogP contribution in [0.4, 0.5) is 0 Å². The lowest BCUT2D eigenvalue weighted by Crippen LogP contribution is -2.10. The molecule has 0 spiro atoms. The zero-order valence-electron chi connectivity index (χ0n) is 15.8. The second kappa shape index (κ2) is 9.98. The van der Waals surface area contributed by atoms with Crippen molar-refractivity contribution in [3.8, 4) is 17.6 Å². The van der Waals surface area contributed by atoms with E-state index in [0.717, 1.165) is 17.7 Å². The highest BCUT2D eigenvalue weighted by atomic mass is 16.5. The molecule has 0 radical (unpaired) electrons. The molecule has 4 nitrogen and oxygen atoms in total. The monoisotopic (exact) mass is 361 g/mol. The fourth-order valence-electron chi connectivity index (χ4n) is 2.38. The Morgan fingerprint density at radius 2 is 1.74 bits per heavy atom. The topological polar surface area (TPSA) is 59.3 Å². The summed E-state index contributed by atoms with van der Waals surface area (Å²) in [5.41, 5.74) is 2.06. The predicted molar refractivity (Wildman–Crippen MR) is 107 cm³/mol. The van der Waals surface area contributed by atoms with E-state index in [1.54, 1.807) is 31.4 Å². The molecule has 2 aromatic carbocycles. The predicted octanol–water partition coefficient (Wildman–Crippen LogP) is 5.28. The van der Waals surface area contributed by atoms with Gasteiger partial charge in [0.1, 0.15) is 23.1 Å². The Morgan fingerprint density at radius 1 is 1.11 bits per heavy atom. The third kappa shape index (κ3) is 5.86. The van der Waals surface area contributed by atoms with Gasteiger partial charge in [-0.2, -0.15) is 5.26 Å². The molecule has 0 aliphatic carbocycles. The number of hydrogen-bond donors (Lipinski definition) is 0. The van der Waals surface area contributed by atoms with Crippen LogP contribution in [0.15, 0.2) is 66.3 Å². The number of carbonyl (C=O) groups excluding carboxylic acids is 1. The Balaban J connectivity index is 2.02. The van der Waals surface area contributed by atoms with E-state index < -0.39 is 5.97 Å². The van der Waals surface area contributed by atoms with Gasteiger partial charge in [-0.05, 0) is 53.8 Å². The summed E-state index contributed by atoms with van der Waals surface area (Å²) in [5, 5.41) is 9.22. The van der Waals surface area contributed by atoms with Crippen molar-refractivity contribution >= 4 is 12.0 Å². The molecule has 0 amide bonds. The van der Waals surface area contributed by atoms with Crippen LogP contribution in [0.1, 0.15) is 37.3 Å². The summed E-state index contributed by atoms with van der Waals surface area (Å²) < 4.78 is 10.4. The lowest BCUT2D eigenvalue weighted by Gasteiger charge is -2.09. The number of carbonyl (C=O) groups is 1. The van der Waals surface area contributed by atoms with Gasteiger partial charge in [0.05, 0.1) is 7.11 Å². The summed E-state index contributed by atoms with van der Waals surface area (Å²) >= 11 is 0. The number of methoxy groups -OCH3 is 1. The Bertz CT molecular complexity index is 856. The summed E-state index contributed by atoms with van der Waals surface area (Å²) in [5.74, 6) is 0.969. The smallest absolute Gasteiger partial charge is 0.354 e. The van der Waals surface area contributed by atoms with Gasteiger partial charge in [0.25, 0.3) is 0 Å². The number of nitriles is 1. The minimum absolute atomic E-state index is 0.0641. The normalized spacial score (nSPS) is 12.4. The van der Waals surface area contributed by atoms with Crippen molar-refractivity contribution in [1.29, 1.82) is 5.26 Å². The average Bonchev–Trinajstić information content (AvgIpc) is 2.71. The maximum absolute atomic E-state index is 12.2. The van der Waals surface area contributed by atoms with Crippen LogP contribution in [-0.4, -0.2) is 13.1 Å². The van der Waals surface area contributed by atoms with Crippen LogP contribution in [0.2, 0.25) is 0 Å². The molecule has 0 saturated heterocycles. The second-order valence-electron chi connectivity index (χ2n) is 6.09. The van der Waals surface area contributed by atoms with Gasteiger partial charge in [-0.15, -0.1) is 0 Å². The summed E-state index contributed by atoms with van der Waals surface area (Å²) in [6.07, 6.45) is 5.93. The van der Waals surface area contributed by atoms with E-state index >= 15 is 0 Å². The van der Waals surface area contributed by atoms with Gasteiger partial charge in [-0.25, -0.2) is 4.79 Å². The van der Waals surface area contributed by atoms with E-state index in [1.165, 1.54) is 11.6 Å². The quantitative estimate of drug-likeness (QED) is 0.221. The van der Waals surface area contributed by atoms with Gasteiger partial charge in [-0.3, -0.25) is 0 Å². The van der Waals surface area contributed by atoms with E-state index in [1.807, 2.05) is 42.5 Å². The number of esters is 1. The minimum Gasteiger partial charge on any atom is -0.497 e. The Labute approximate surface area is 160 Å². The van der Waals surface area contributed by atoms with E-state index in [9.17, 15) is 10.1 Å². The van der Waals surface area contributed by atoms with Crippen molar-refractivity contribution in [2.24, 2.45) is 0 Å². The maximum Gasteiger partial charge on any atom is 0.354 e. The molecule has 0 aliphatic heterocycles. The van der Waals surface area contributed by atoms with Crippen LogP contribution in [0.5, 0.6) is 11.5 Å². The Hall–Kier alpha value is -3.32. The van der Waals surface area contributed by atoms with Gasteiger partial charge in [0, 0.05) is 0 Å². The van der Waals surface area contributed by atoms with E-state index in [0.29, 0.717) is 11.7 Å². The maximum atomic E-state index is 12.2. The van der Waals surface area contributed by atoms with Crippen LogP contribution in [0.3, 0.4) is 0 Å². The van der Waals surface area contributed by atoms with Crippen LogP contribution in [0.25, 0.3) is 6.08 Å². The van der Waals surface area contributed by atoms with Gasteiger partial charge in [0.2, 0.25) is 0 Å². The summed E-state index contributed by atoms with van der Waals surface area (Å²) in [7, 11) is 1.61. The highest BCUT2D eigenvalue weighted by Crippen LogP contribution is 2.22. The van der Waals surface area contributed by atoms with E-state index in [4.69, 9.17) is 9.47 Å². The number of ether oxygens (including phenoxy) is 2. The van der Waals surface area contributed by atoms with Crippen LogP contribution in [0, 0.1) is 11.3 Å². The zero-order chi connectivity index (χ0) is 19.6.